The summed E-state index contributed by atoms with van der Waals surface area (Å²) in [6, 6.07) is 0.564. The van der Waals surface area contributed by atoms with E-state index in [9.17, 15) is 0 Å². The van der Waals surface area contributed by atoms with E-state index >= 15 is 0 Å². The number of nitrogens with one attached hydrogen (secondary N) is 1. The molecule has 0 radical (unpaired) electrons. The first-order valence-electron chi connectivity index (χ1n) is 4.93. The molecule has 13 heavy (non-hydrogen) atoms. The number of aromatic nitrogens is 1. The standard InChI is InChI=1S/C10H16N2S/c1-7(2)11-5-9-10(8-3-4-8)12-6-13-9/h6-8,11H,3-5H2,1-2H3. The average Bonchev–Trinajstić information content (AvgIpc) is 2.82. The van der Waals surface area contributed by atoms with Crippen molar-refractivity contribution in [1.82, 2.24) is 10.3 Å². The van der Waals surface area contributed by atoms with Crippen LogP contribution in [0.15, 0.2) is 5.51 Å². The van der Waals surface area contributed by atoms with E-state index < -0.39 is 0 Å². The van der Waals surface area contributed by atoms with E-state index in [0.717, 1.165) is 12.5 Å². The van der Waals surface area contributed by atoms with Gasteiger partial charge in [-0.1, -0.05) is 13.8 Å². The molecule has 1 aliphatic carbocycles. The molecule has 0 saturated heterocycles. The molecule has 1 heterocycles. The Morgan fingerprint density at radius 2 is 2.38 bits per heavy atom. The van der Waals surface area contributed by atoms with E-state index in [1.807, 2.05) is 5.51 Å². The number of rotatable bonds is 4. The highest BCUT2D eigenvalue weighted by atomic mass is 32.1. The molecule has 2 nitrogen and oxygen atoms in total. The van der Waals surface area contributed by atoms with E-state index in [2.05, 4.69) is 24.1 Å². The lowest BCUT2D eigenvalue weighted by atomic mass is 10.2. The monoisotopic (exact) mass is 196 g/mol. The quantitative estimate of drug-likeness (QED) is 0.800. The molecular formula is C10H16N2S. The van der Waals surface area contributed by atoms with Gasteiger partial charge in [0.1, 0.15) is 0 Å². The van der Waals surface area contributed by atoms with Gasteiger partial charge < -0.3 is 5.32 Å². The van der Waals surface area contributed by atoms with Gasteiger partial charge in [-0.2, -0.15) is 0 Å². The first-order chi connectivity index (χ1) is 6.27. The van der Waals surface area contributed by atoms with Crippen LogP contribution in [0.3, 0.4) is 0 Å². The van der Waals surface area contributed by atoms with Crippen LogP contribution >= 0.6 is 11.3 Å². The summed E-state index contributed by atoms with van der Waals surface area (Å²) >= 11 is 1.79. The fourth-order valence-electron chi connectivity index (χ4n) is 1.40. The minimum Gasteiger partial charge on any atom is -0.310 e. The Kier molecular flexibility index (Phi) is 2.65. The lowest BCUT2D eigenvalue weighted by Gasteiger charge is -2.07. The summed E-state index contributed by atoms with van der Waals surface area (Å²) in [5, 5.41) is 3.44. The summed E-state index contributed by atoms with van der Waals surface area (Å²) in [4.78, 5) is 5.88. The van der Waals surface area contributed by atoms with Crippen molar-refractivity contribution in [2.24, 2.45) is 0 Å². The molecule has 72 valence electrons. The van der Waals surface area contributed by atoms with Gasteiger partial charge in [-0.3, -0.25) is 0 Å². The van der Waals surface area contributed by atoms with Crippen LogP contribution in [-0.4, -0.2) is 11.0 Å². The topological polar surface area (TPSA) is 24.9 Å². The minimum atomic E-state index is 0.564. The summed E-state index contributed by atoms with van der Waals surface area (Å²) in [7, 11) is 0. The summed E-state index contributed by atoms with van der Waals surface area (Å²) in [6.07, 6.45) is 2.69. The molecule has 0 bridgehead atoms. The van der Waals surface area contributed by atoms with Gasteiger partial charge >= 0.3 is 0 Å². The molecule has 1 aliphatic rings. The Labute approximate surface area is 83.4 Å². The highest BCUT2D eigenvalue weighted by Crippen LogP contribution is 2.41. The normalized spacial score (nSPS) is 16.8. The fourth-order valence-corrected chi connectivity index (χ4v) is 2.20. The molecule has 3 heteroatoms. The molecule has 0 atom stereocenters. The Balaban J connectivity index is 1.98. The third kappa shape index (κ3) is 2.29. The summed E-state index contributed by atoms with van der Waals surface area (Å²) < 4.78 is 0. The largest absolute Gasteiger partial charge is 0.310 e. The van der Waals surface area contributed by atoms with Crippen LogP contribution < -0.4 is 5.32 Å². The molecule has 0 unspecified atom stereocenters. The van der Waals surface area contributed by atoms with E-state index in [1.54, 1.807) is 11.3 Å². The highest BCUT2D eigenvalue weighted by molar-refractivity contribution is 7.09. The molecule has 1 saturated carbocycles. The van der Waals surface area contributed by atoms with Crippen molar-refractivity contribution in [3.8, 4) is 0 Å². The van der Waals surface area contributed by atoms with Crippen molar-refractivity contribution < 1.29 is 0 Å². The molecule has 0 amide bonds. The van der Waals surface area contributed by atoms with Crippen molar-refractivity contribution in [3.05, 3.63) is 16.1 Å². The molecule has 2 rings (SSSR count). The Morgan fingerprint density at radius 1 is 1.62 bits per heavy atom. The number of hydrogen-bond donors (Lipinski definition) is 1. The second kappa shape index (κ2) is 3.76. The molecule has 0 spiro atoms. The molecule has 0 aromatic carbocycles. The Morgan fingerprint density at radius 3 is 3.00 bits per heavy atom. The first-order valence-corrected chi connectivity index (χ1v) is 5.81. The molecule has 1 aromatic rings. The zero-order valence-corrected chi connectivity index (χ0v) is 9.03. The predicted molar refractivity (Wildman–Crippen MR) is 56.1 cm³/mol. The SMILES string of the molecule is CC(C)NCc1scnc1C1CC1. The second-order valence-electron chi connectivity index (χ2n) is 3.97. The van der Waals surface area contributed by atoms with E-state index in [0.29, 0.717) is 6.04 Å². The van der Waals surface area contributed by atoms with Crippen molar-refractivity contribution in [2.45, 2.75) is 45.2 Å². The van der Waals surface area contributed by atoms with Gasteiger partial charge in [-0.15, -0.1) is 11.3 Å². The third-order valence-electron chi connectivity index (χ3n) is 2.31. The van der Waals surface area contributed by atoms with Gasteiger partial charge in [-0.25, -0.2) is 4.98 Å². The summed E-state index contributed by atoms with van der Waals surface area (Å²) in [5.74, 6) is 0.787. The maximum Gasteiger partial charge on any atom is 0.0798 e. The zero-order valence-electron chi connectivity index (χ0n) is 8.21. The summed E-state index contributed by atoms with van der Waals surface area (Å²) in [5.41, 5.74) is 3.34. The van der Waals surface area contributed by atoms with Crippen LogP contribution in [0.2, 0.25) is 0 Å². The van der Waals surface area contributed by atoms with Gasteiger partial charge in [0.2, 0.25) is 0 Å². The van der Waals surface area contributed by atoms with Crippen LogP contribution in [-0.2, 0) is 6.54 Å². The molecular weight excluding hydrogens is 180 g/mol. The Hall–Kier alpha value is -0.410. The van der Waals surface area contributed by atoms with Crippen molar-refractivity contribution in [2.75, 3.05) is 0 Å². The van der Waals surface area contributed by atoms with Crippen molar-refractivity contribution >= 4 is 11.3 Å². The molecule has 1 aromatic heterocycles. The maximum absolute atomic E-state index is 4.43. The summed E-state index contributed by atoms with van der Waals surface area (Å²) in [6.45, 7) is 5.35. The molecule has 1 N–H and O–H groups in total. The van der Waals surface area contributed by atoms with Crippen LogP contribution in [0.5, 0.6) is 0 Å². The smallest absolute Gasteiger partial charge is 0.0798 e. The third-order valence-corrected chi connectivity index (χ3v) is 3.16. The van der Waals surface area contributed by atoms with Gasteiger partial charge in [0.05, 0.1) is 11.2 Å². The fraction of sp³-hybridized carbons (Fsp3) is 0.700. The van der Waals surface area contributed by atoms with Gasteiger partial charge in [0.25, 0.3) is 0 Å². The van der Waals surface area contributed by atoms with Crippen LogP contribution in [0.1, 0.15) is 43.2 Å². The highest BCUT2D eigenvalue weighted by Gasteiger charge is 2.27. The zero-order chi connectivity index (χ0) is 9.26. The van der Waals surface area contributed by atoms with Crippen molar-refractivity contribution in [3.63, 3.8) is 0 Å². The lowest BCUT2D eigenvalue weighted by molar-refractivity contribution is 0.590. The van der Waals surface area contributed by atoms with Gasteiger partial charge in [0.15, 0.2) is 0 Å². The van der Waals surface area contributed by atoms with Gasteiger partial charge in [-0.05, 0) is 12.8 Å². The van der Waals surface area contributed by atoms with Crippen LogP contribution in [0, 0.1) is 0 Å². The van der Waals surface area contributed by atoms with Crippen molar-refractivity contribution in [1.29, 1.82) is 0 Å². The van der Waals surface area contributed by atoms with E-state index in [4.69, 9.17) is 0 Å². The second-order valence-corrected chi connectivity index (χ2v) is 4.91. The Bertz CT molecular complexity index is 276. The van der Waals surface area contributed by atoms with Crippen LogP contribution in [0.4, 0.5) is 0 Å². The van der Waals surface area contributed by atoms with Crippen LogP contribution in [0.25, 0.3) is 0 Å². The first kappa shape index (κ1) is 9.16. The van der Waals surface area contributed by atoms with E-state index in [-0.39, 0.29) is 0 Å². The number of nitrogens with zero attached hydrogens (tertiary/aromatic N) is 1. The van der Waals surface area contributed by atoms with E-state index in [1.165, 1.54) is 23.4 Å². The van der Waals surface area contributed by atoms with Gasteiger partial charge in [0, 0.05) is 23.4 Å². The predicted octanol–water partition coefficient (Wildman–Crippen LogP) is 2.52. The average molecular weight is 196 g/mol. The number of thiazole rings is 1. The maximum atomic E-state index is 4.43. The molecule has 0 aliphatic heterocycles. The lowest BCUT2D eigenvalue weighted by Crippen LogP contribution is -2.21. The molecule has 1 fully saturated rings. The number of hydrogen-bond acceptors (Lipinski definition) is 3. The minimum absolute atomic E-state index is 0.564.